The second kappa shape index (κ2) is 6.54. The van der Waals surface area contributed by atoms with Gasteiger partial charge in [-0.2, -0.15) is 0 Å². The monoisotopic (exact) mass is 402 g/mol. The Hall–Kier alpha value is -0.850. The smallest absolute Gasteiger partial charge is 0.221 e. The SMILES string of the molecule is CC(=O)Nc1ccsc1CNc1c(Br)cccc1Br. The van der Waals surface area contributed by atoms with Crippen molar-refractivity contribution < 1.29 is 4.79 Å². The normalized spacial score (nSPS) is 10.3. The van der Waals surface area contributed by atoms with Crippen LogP contribution in [0.4, 0.5) is 11.4 Å². The summed E-state index contributed by atoms with van der Waals surface area (Å²) in [7, 11) is 0. The summed E-state index contributed by atoms with van der Waals surface area (Å²) in [6.45, 7) is 2.17. The van der Waals surface area contributed by atoms with Crippen molar-refractivity contribution in [2.24, 2.45) is 0 Å². The predicted molar refractivity (Wildman–Crippen MR) is 87.8 cm³/mol. The van der Waals surface area contributed by atoms with Gasteiger partial charge in [0, 0.05) is 20.7 Å². The van der Waals surface area contributed by atoms with Crippen LogP contribution < -0.4 is 10.6 Å². The molecular formula is C13H12Br2N2OS. The third-order valence-electron chi connectivity index (χ3n) is 2.44. The molecule has 100 valence electrons. The summed E-state index contributed by atoms with van der Waals surface area (Å²) in [4.78, 5) is 12.2. The summed E-state index contributed by atoms with van der Waals surface area (Å²) >= 11 is 8.64. The summed E-state index contributed by atoms with van der Waals surface area (Å²) in [5.41, 5.74) is 1.87. The molecule has 2 rings (SSSR count). The molecular weight excluding hydrogens is 392 g/mol. The third kappa shape index (κ3) is 3.81. The molecule has 1 aromatic heterocycles. The quantitative estimate of drug-likeness (QED) is 0.766. The molecule has 0 radical (unpaired) electrons. The summed E-state index contributed by atoms with van der Waals surface area (Å²) < 4.78 is 2.00. The van der Waals surface area contributed by atoms with Crippen LogP contribution in [-0.2, 0) is 11.3 Å². The molecule has 0 fully saturated rings. The first kappa shape index (κ1) is 14.6. The van der Waals surface area contributed by atoms with E-state index in [-0.39, 0.29) is 5.91 Å². The minimum atomic E-state index is -0.0540. The minimum absolute atomic E-state index is 0.0540. The number of halogens is 2. The van der Waals surface area contributed by atoms with Crippen LogP contribution >= 0.6 is 43.2 Å². The number of nitrogens with one attached hydrogen (secondary N) is 2. The van der Waals surface area contributed by atoms with E-state index in [0.29, 0.717) is 6.54 Å². The second-order valence-electron chi connectivity index (χ2n) is 3.89. The van der Waals surface area contributed by atoms with Crippen molar-refractivity contribution in [2.45, 2.75) is 13.5 Å². The molecule has 3 nitrogen and oxygen atoms in total. The van der Waals surface area contributed by atoms with Gasteiger partial charge in [0.25, 0.3) is 0 Å². The lowest BCUT2D eigenvalue weighted by atomic mass is 10.3. The number of rotatable bonds is 4. The van der Waals surface area contributed by atoms with Crippen LogP contribution in [0, 0.1) is 0 Å². The van der Waals surface area contributed by atoms with E-state index in [1.165, 1.54) is 6.92 Å². The maximum absolute atomic E-state index is 11.1. The van der Waals surface area contributed by atoms with Crippen molar-refractivity contribution in [3.8, 4) is 0 Å². The zero-order valence-electron chi connectivity index (χ0n) is 10.2. The molecule has 2 N–H and O–H groups in total. The molecule has 2 aromatic rings. The van der Waals surface area contributed by atoms with Gasteiger partial charge in [-0.05, 0) is 55.4 Å². The van der Waals surface area contributed by atoms with Gasteiger partial charge in [0.1, 0.15) is 0 Å². The Bertz CT molecular complexity index is 578. The Morgan fingerprint density at radius 3 is 2.58 bits per heavy atom. The van der Waals surface area contributed by atoms with Gasteiger partial charge in [-0.1, -0.05) is 6.07 Å². The van der Waals surface area contributed by atoms with Crippen molar-refractivity contribution in [1.29, 1.82) is 0 Å². The van der Waals surface area contributed by atoms with Gasteiger partial charge in [-0.3, -0.25) is 4.79 Å². The zero-order chi connectivity index (χ0) is 13.8. The Morgan fingerprint density at radius 2 is 1.95 bits per heavy atom. The fraction of sp³-hybridized carbons (Fsp3) is 0.154. The maximum atomic E-state index is 11.1. The number of thiophene rings is 1. The van der Waals surface area contributed by atoms with E-state index in [0.717, 1.165) is 25.2 Å². The molecule has 0 saturated carbocycles. The molecule has 6 heteroatoms. The highest BCUT2D eigenvalue weighted by atomic mass is 79.9. The van der Waals surface area contributed by atoms with E-state index < -0.39 is 0 Å². The molecule has 1 amide bonds. The fourth-order valence-corrected chi connectivity index (χ4v) is 3.66. The number of carbonyl (C=O) groups is 1. The molecule has 0 atom stereocenters. The summed E-state index contributed by atoms with van der Waals surface area (Å²) in [6, 6.07) is 7.85. The number of carbonyl (C=O) groups excluding carboxylic acids is 1. The molecule has 1 aromatic carbocycles. The van der Waals surface area contributed by atoms with Crippen molar-refractivity contribution in [3.63, 3.8) is 0 Å². The van der Waals surface area contributed by atoms with E-state index in [2.05, 4.69) is 42.5 Å². The molecule has 0 aliphatic heterocycles. The molecule has 0 aliphatic rings. The van der Waals surface area contributed by atoms with E-state index in [9.17, 15) is 4.79 Å². The first-order valence-corrected chi connectivity index (χ1v) is 8.06. The number of anilines is 2. The van der Waals surface area contributed by atoms with Crippen molar-refractivity contribution in [2.75, 3.05) is 10.6 Å². The molecule has 0 spiro atoms. The van der Waals surface area contributed by atoms with Gasteiger partial charge in [0.15, 0.2) is 0 Å². The number of hydrogen-bond donors (Lipinski definition) is 2. The predicted octanol–water partition coefficient (Wildman–Crippen LogP) is 4.84. The average Bonchev–Trinajstić information content (AvgIpc) is 2.75. The van der Waals surface area contributed by atoms with E-state index in [4.69, 9.17) is 0 Å². The van der Waals surface area contributed by atoms with E-state index >= 15 is 0 Å². The zero-order valence-corrected chi connectivity index (χ0v) is 14.2. The van der Waals surface area contributed by atoms with E-state index in [1.807, 2.05) is 29.6 Å². The Morgan fingerprint density at radius 1 is 1.26 bits per heavy atom. The highest BCUT2D eigenvalue weighted by molar-refractivity contribution is 9.11. The molecule has 0 aliphatic carbocycles. The van der Waals surface area contributed by atoms with Crippen LogP contribution in [0.15, 0.2) is 38.6 Å². The van der Waals surface area contributed by atoms with Crippen LogP contribution in [0.2, 0.25) is 0 Å². The van der Waals surface area contributed by atoms with Gasteiger partial charge in [0.2, 0.25) is 5.91 Å². The largest absolute Gasteiger partial charge is 0.378 e. The van der Waals surface area contributed by atoms with Crippen molar-refractivity contribution in [3.05, 3.63) is 43.5 Å². The van der Waals surface area contributed by atoms with Gasteiger partial charge >= 0.3 is 0 Å². The topological polar surface area (TPSA) is 41.1 Å². The van der Waals surface area contributed by atoms with Crippen LogP contribution in [0.25, 0.3) is 0 Å². The highest BCUT2D eigenvalue weighted by Crippen LogP contribution is 2.32. The first-order valence-electron chi connectivity index (χ1n) is 5.60. The minimum Gasteiger partial charge on any atom is -0.378 e. The van der Waals surface area contributed by atoms with Crippen LogP contribution in [0.3, 0.4) is 0 Å². The number of amides is 1. The van der Waals surface area contributed by atoms with Crippen molar-refractivity contribution >= 4 is 60.5 Å². The van der Waals surface area contributed by atoms with Gasteiger partial charge in [-0.25, -0.2) is 0 Å². The average molecular weight is 404 g/mol. The second-order valence-corrected chi connectivity index (χ2v) is 6.60. The maximum Gasteiger partial charge on any atom is 0.221 e. The number of benzene rings is 1. The van der Waals surface area contributed by atoms with Gasteiger partial charge < -0.3 is 10.6 Å². The van der Waals surface area contributed by atoms with Crippen molar-refractivity contribution in [1.82, 2.24) is 0 Å². The van der Waals surface area contributed by atoms with Gasteiger partial charge in [0.05, 0.1) is 17.9 Å². The molecule has 0 unspecified atom stereocenters. The summed E-state index contributed by atoms with van der Waals surface area (Å²) in [5, 5.41) is 8.16. The Labute approximate surface area is 132 Å². The molecule has 0 saturated heterocycles. The van der Waals surface area contributed by atoms with Crippen LogP contribution in [-0.4, -0.2) is 5.91 Å². The van der Waals surface area contributed by atoms with Crippen LogP contribution in [0.5, 0.6) is 0 Å². The third-order valence-corrected chi connectivity index (χ3v) is 4.69. The lowest BCUT2D eigenvalue weighted by Gasteiger charge is -2.11. The standard InChI is InChI=1S/C13H12Br2N2OS/c1-8(18)17-11-5-6-19-12(11)7-16-13-9(14)3-2-4-10(13)15/h2-6,16H,7H2,1H3,(H,17,18). The lowest BCUT2D eigenvalue weighted by molar-refractivity contribution is -0.114. The lowest BCUT2D eigenvalue weighted by Crippen LogP contribution is -2.08. The number of para-hydroxylation sites is 1. The number of hydrogen-bond acceptors (Lipinski definition) is 3. The van der Waals surface area contributed by atoms with E-state index in [1.54, 1.807) is 11.3 Å². The summed E-state index contributed by atoms with van der Waals surface area (Å²) in [6.07, 6.45) is 0. The van der Waals surface area contributed by atoms with Gasteiger partial charge in [-0.15, -0.1) is 11.3 Å². The first-order chi connectivity index (χ1) is 9.08. The summed E-state index contributed by atoms with van der Waals surface area (Å²) in [5.74, 6) is -0.0540. The van der Waals surface area contributed by atoms with Crippen LogP contribution in [0.1, 0.15) is 11.8 Å². The molecule has 1 heterocycles. The Balaban J connectivity index is 2.11. The molecule has 0 bridgehead atoms. The fourth-order valence-electron chi connectivity index (χ4n) is 1.61. The Kier molecular flexibility index (Phi) is 5.01. The highest BCUT2D eigenvalue weighted by Gasteiger charge is 2.08. The molecule has 19 heavy (non-hydrogen) atoms.